The molecule has 7 aliphatic rings. The lowest BCUT2D eigenvalue weighted by atomic mass is 9.41. The molecule has 7 rings (SSSR count). The zero-order valence-electron chi connectivity index (χ0n) is 23.7. The van der Waals surface area contributed by atoms with E-state index in [4.69, 9.17) is 23.7 Å². The van der Waals surface area contributed by atoms with Gasteiger partial charge in [-0.05, 0) is 68.3 Å². The van der Waals surface area contributed by atoms with Gasteiger partial charge in [0.05, 0.1) is 30.3 Å². The number of esters is 1. The lowest BCUT2D eigenvalue weighted by Crippen LogP contribution is -2.75. The summed E-state index contributed by atoms with van der Waals surface area (Å²) in [5, 5.41) is 34.6. The second kappa shape index (κ2) is 8.81. The van der Waals surface area contributed by atoms with Crippen LogP contribution in [-0.4, -0.2) is 94.9 Å². The molecule has 0 bridgehead atoms. The van der Waals surface area contributed by atoms with E-state index in [9.17, 15) is 24.9 Å². The fraction of sp³-hybridized carbons (Fsp3) is 0.867. The van der Waals surface area contributed by atoms with Crippen LogP contribution >= 0.6 is 0 Å². The van der Waals surface area contributed by atoms with Gasteiger partial charge in [0.1, 0.15) is 30.0 Å². The number of carbonyl (C=O) groups is 2. The van der Waals surface area contributed by atoms with Gasteiger partial charge in [-0.15, -0.1) is 0 Å². The normalized spacial score (nSPS) is 56.9. The SMILES string of the molecule is CO[C@@H]1C[C@H](O[C@@H]2CC[C@@]3(C)[C@@H](C2)C[C@H]2O[C@]24[C@@H]3C(=O)[C@H](O)[C@]2(C)[C@@H](C3=CC(=O)OC3)CC[C@]24O)O[C@H](C)[C@@H]1O. The number of aliphatic hydroxyl groups excluding tert-OH is 2. The van der Waals surface area contributed by atoms with E-state index in [0.29, 0.717) is 38.5 Å². The Kier molecular flexibility index (Phi) is 6.04. The number of ether oxygens (including phenoxy) is 5. The van der Waals surface area contributed by atoms with Gasteiger partial charge in [-0.3, -0.25) is 4.79 Å². The van der Waals surface area contributed by atoms with Crippen molar-refractivity contribution in [2.45, 2.75) is 120 Å². The summed E-state index contributed by atoms with van der Waals surface area (Å²) >= 11 is 0. The molecule has 0 amide bonds. The molecule has 2 saturated heterocycles. The standard InChI is InChI=1S/C30H42O10/c1-14-23(32)19(36-4)12-22(38-14)39-17-5-7-27(2)16(10-17)11-20-30(40-20)25(27)24(33)26(34)28(3)18(6-8-29(28,30)35)15-9-21(31)37-13-15/h9,14,16-20,22-23,25-26,32,34-35H,5-8,10-13H2,1-4H3/t14-,16+,17-,18-,19-,20-,22+,23+,25-,26+,27+,28+,29+,30+/m1/s1. The van der Waals surface area contributed by atoms with Gasteiger partial charge in [0.25, 0.3) is 0 Å². The summed E-state index contributed by atoms with van der Waals surface area (Å²) < 4.78 is 29.5. The fourth-order valence-corrected chi connectivity index (χ4v) is 10.2. The summed E-state index contributed by atoms with van der Waals surface area (Å²) in [6.07, 6.45) is 2.05. The molecule has 14 atom stereocenters. The van der Waals surface area contributed by atoms with Crippen molar-refractivity contribution in [2.75, 3.05) is 13.7 Å². The topological polar surface area (TPSA) is 144 Å². The zero-order valence-corrected chi connectivity index (χ0v) is 23.7. The van der Waals surface area contributed by atoms with Gasteiger partial charge in [0.2, 0.25) is 0 Å². The van der Waals surface area contributed by atoms with E-state index in [2.05, 4.69) is 6.92 Å². The number of fused-ring (bicyclic) bond motifs is 3. The highest BCUT2D eigenvalue weighted by Gasteiger charge is 2.88. The van der Waals surface area contributed by atoms with Crippen molar-refractivity contribution in [3.8, 4) is 0 Å². The lowest BCUT2D eigenvalue weighted by Gasteiger charge is -2.62. The van der Waals surface area contributed by atoms with Gasteiger partial charge in [-0.1, -0.05) is 13.8 Å². The van der Waals surface area contributed by atoms with Crippen LogP contribution in [0.1, 0.15) is 65.7 Å². The molecular weight excluding hydrogens is 520 g/mol. The number of hydrogen-bond donors (Lipinski definition) is 3. The van der Waals surface area contributed by atoms with E-state index in [1.165, 1.54) is 6.08 Å². The number of methoxy groups -OCH3 is 1. The Morgan fingerprint density at radius 1 is 1.07 bits per heavy atom. The van der Waals surface area contributed by atoms with Crippen LogP contribution in [0.5, 0.6) is 0 Å². The maximum atomic E-state index is 14.3. The highest BCUT2D eigenvalue weighted by molar-refractivity contribution is 5.92. The molecule has 3 heterocycles. The second-order valence-electron chi connectivity index (χ2n) is 13.9. The second-order valence-corrected chi connectivity index (χ2v) is 13.9. The number of aliphatic hydroxyl groups is 3. The van der Waals surface area contributed by atoms with Crippen LogP contribution in [0.4, 0.5) is 0 Å². The van der Waals surface area contributed by atoms with Crippen molar-refractivity contribution in [1.82, 2.24) is 0 Å². The first-order chi connectivity index (χ1) is 18.9. The molecule has 3 N–H and O–H groups in total. The van der Waals surface area contributed by atoms with Gasteiger partial charge >= 0.3 is 5.97 Å². The summed E-state index contributed by atoms with van der Waals surface area (Å²) in [7, 11) is 1.58. The molecule has 6 fully saturated rings. The van der Waals surface area contributed by atoms with Crippen molar-refractivity contribution in [3.63, 3.8) is 0 Å². The molecule has 0 radical (unpaired) electrons. The number of carbonyl (C=O) groups excluding carboxylic acids is 2. The average molecular weight is 563 g/mol. The largest absolute Gasteiger partial charge is 0.458 e. The number of ketones is 1. The van der Waals surface area contributed by atoms with Gasteiger partial charge in [-0.2, -0.15) is 0 Å². The van der Waals surface area contributed by atoms with Crippen molar-refractivity contribution < 1.29 is 48.6 Å². The molecule has 0 aromatic carbocycles. The summed E-state index contributed by atoms with van der Waals surface area (Å²) in [5.41, 5.74) is -3.32. The predicted molar refractivity (Wildman–Crippen MR) is 138 cm³/mol. The fourth-order valence-electron chi connectivity index (χ4n) is 10.2. The lowest BCUT2D eigenvalue weighted by molar-refractivity contribution is -0.272. The minimum atomic E-state index is -1.40. The Morgan fingerprint density at radius 3 is 2.55 bits per heavy atom. The van der Waals surface area contributed by atoms with Crippen LogP contribution in [0.2, 0.25) is 0 Å². The monoisotopic (exact) mass is 562 g/mol. The molecule has 10 nitrogen and oxygen atoms in total. The molecular formula is C30H42O10. The first kappa shape index (κ1) is 27.4. The van der Waals surface area contributed by atoms with E-state index >= 15 is 0 Å². The third kappa shape index (κ3) is 3.30. The van der Waals surface area contributed by atoms with E-state index in [0.717, 1.165) is 12.0 Å². The highest BCUT2D eigenvalue weighted by atomic mass is 16.7. The molecule has 0 unspecified atom stereocenters. The summed E-state index contributed by atoms with van der Waals surface area (Å²) in [5.74, 6) is -1.51. The Hall–Kier alpha value is -1.40. The third-order valence-corrected chi connectivity index (χ3v) is 12.4. The zero-order chi connectivity index (χ0) is 28.4. The molecule has 40 heavy (non-hydrogen) atoms. The summed E-state index contributed by atoms with van der Waals surface area (Å²) in [4.78, 5) is 26.1. The van der Waals surface area contributed by atoms with Gasteiger partial charge < -0.3 is 39.0 Å². The quantitative estimate of drug-likeness (QED) is 0.261. The molecule has 0 aromatic rings. The minimum absolute atomic E-state index is 0.0751. The number of rotatable bonds is 4. The Labute approximate surface area is 234 Å². The summed E-state index contributed by atoms with van der Waals surface area (Å²) in [6, 6.07) is 0. The van der Waals surface area contributed by atoms with Crippen LogP contribution in [-0.2, 0) is 33.3 Å². The number of Topliss-reactive ketones (excluding diaryl/α,β-unsaturated/α-hetero) is 1. The Morgan fingerprint density at radius 2 is 1.85 bits per heavy atom. The molecule has 4 saturated carbocycles. The van der Waals surface area contributed by atoms with E-state index in [1.54, 1.807) is 14.0 Å². The van der Waals surface area contributed by atoms with Gasteiger partial charge in [0.15, 0.2) is 12.1 Å². The smallest absolute Gasteiger partial charge is 0.331 e. The molecule has 0 aromatic heterocycles. The van der Waals surface area contributed by atoms with Crippen LogP contribution in [0, 0.1) is 28.6 Å². The van der Waals surface area contributed by atoms with Crippen LogP contribution in [0.25, 0.3) is 0 Å². The highest BCUT2D eigenvalue weighted by Crippen LogP contribution is 2.76. The van der Waals surface area contributed by atoms with Crippen LogP contribution < -0.4 is 0 Å². The van der Waals surface area contributed by atoms with Crippen molar-refractivity contribution >= 4 is 11.8 Å². The number of hydrogen-bond acceptors (Lipinski definition) is 10. The first-order valence-electron chi connectivity index (χ1n) is 14.9. The maximum absolute atomic E-state index is 14.3. The van der Waals surface area contributed by atoms with Gasteiger partial charge in [0, 0.05) is 25.0 Å². The van der Waals surface area contributed by atoms with E-state index in [-0.39, 0.29) is 42.5 Å². The molecule has 222 valence electrons. The van der Waals surface area contributed by atoms with E-state index < -0.39 is 58.5 Å². The molecule has 3 aliphatic heterocycles. The molecule has 4 aliphatic carbocycles. The van der Waals surface area contributed by atoms with Gasteiger partial charge in [-0.25, -0.2) is 4.79 Å². The number of cyclic esters (lactones) is 1. The Balaban J connectivity index is 1.14. The van der Waals surface area contributed by atoms with Crippen molar-refractivity contribution in [2.24, 2.45) is 28.6 Å². The number of epoxide rings is 1. The summed E-state index contributed by atoms with van der Waals surface area (Å²) in [6.45, 7) is 5.87. The van der Waals surface area contributed by atoms with Crippen LogP contribution in [0.3, 0.4) is 0 Å². The van der Waals surface area contributed by atoms with E-state index in [1.807, 2.05) is 6.92 Å². The maximum Gasteiger partial charge on any atom is 0.331 e. The van der Waals surface area contributed by atoms with Crippen molar-refractivity contribution in [3.05, 3.63) is 11.6 Å². The molecule has 1 spiro atoms. The molecule has 10 heteroatoms. The predicted octanol–water partition coefficient (Wildman–Crippen LogP) is 1.42. The van der Waals surface area contributed by atoms with Crippen LogP contribution in [0.15, 0.2) is 11.6 Å². The van der Waals surface area contributed by atoms with Crippen molar-refractivity contribution in [1.29, 1.82) is 0 Å². The third-order valence-electron chi connectivity index (χ3n) is 12.4. The first-order valence-corrected chi connectivity index (χ1v) is 14.9. The minimum Gasteiger partial charge on any atom is -0.458 e. The average Bonchev–Trinajstić information content (AvgIpc) is 3.36. The Bertz CT molecular complexity index is 1140.